The molecular formula is C21H20ClFN4O2S. The lowest BCUT2D eigenvalue weighted by Crippen LogP contribution is -2.45. The summed E-state index contributed by atoms with van der Waals surface area (Å²) in [6.07, 6.45) is 0.0154. The molecule has 2 heterocycles. The van der Waals surface area contributed by atoms with E-state index >= 15 is 0 Å². The average molecular weight is 447 g/mol. The van der Waals surface area contributed by atoms with Crippen molar-refractivity contribution in [3.63, 3.8) is 0 Å². The van der Waals surface area contributed by atoms with E-state index < -0.39 is 5.82 Å². The van der Waals surface area contributed by atoms with Crippen LogP contribution in [0.4, 0.5) is 4.39 Å². The molecule has 2 aromatic carbocycles. The number of nitrogens with zero attached hydrogens (tertiary/aromatic N) is 4. The smallest absolute Gasteiger partial charge is 0.233 e. The van der Waals surface area contributed by atoms with Crippen LogP contribution in [-0.4, -0.2) is 57.1 Å². The number of thioether (sulfide) groups is 1. The Morgan fingerprint density at radius 3 is 2.77 bits per heavy atom. The maximum atomic E-state index is 14.7. The number of hydrogen-bond donors (Lipinski definition) is 0. The van der Waals surface area contributed by atoms with Crippen LogP contribution in [0, 0.1) is 5.82 Å². The van der Waals surface area contributed by atoms with Gasteiger partial charge in [0.2, 0.25) is 5.91 Å². The highest BCUT2D eigenvalue weighted by Crippen LogP contribution is 2.32. The first-order valence-corrected chi connectivity index (χ1v) is 10.9. The van der Waals surface area contributed by atoms with Gasteiger partial charge in [-0.3, -0.25) is 9.36 Å². The molecule has 0 saturated carbocycles. The third-order valence-electron chi connectivity index (χ3n) is 4.76. The Labute approximate surface area is 183 Å². The van der Waals surface area contributed by atoms with Crippen LogP contribution in [0.2, 0.25) is 5.02 Å². The summed E-state index contributed by atoms with van der Waals surface area (Å²) in [5, 5.41) is 9.41. The molecule has 9 heteroatoms. The molecule has 0 spiro atoms. The number of halogens is 2. The molecule has 6 nitrogen and oxygen atoms in total. The molecule has 1 aromatic heterocycles. The second-order valence-corrected chi connectivity index (χ2v) is 8.23. The van der Waals surface area contributed by atoms with Gasteiger partial charge in [0.15, 0.2) is 11.0 Å². The van der Waals surface area contributed by atoms with Gasteiger partial charge < -0.3 is 9.64 Å². The fraction of sp³-hybridized carbons (Fsp3) is 0.286. The highest BCUT2D eigenvalue weighted by atomic mass is 35.5. The predicted molar refractivity (Wildman–Crippen MR) is 114 cm³/mol. The van der Waals surface area contributed by atoms with E-state index in [1.165, 1.54) is 17.8 Å². The molecule has 1 fully saturated rings. The summed E-state index contributed by atoms with van der Waals surface area (Å²) in [7, 11) is 0. The minimum Gasteiger partial charge on any atom is -0.375 e. The van der Waals surface area contributed by atoms with Gasteiger partial charge in [0.1, 0.15) is 5.82 Å². The molecule has 0 bridgehead atoms. The van der Waals surface area contributed by atoms with E-state index in [2.05, 4.69) is 10.2 Å². The van der Waals surface area contributed by atoms with Gasteiger partial charge >= 0.3 is 0 Å². The lowest BCUT2D eigenvalue weighted by atomic mass is 10.2. The second-order valence-electron chi connectivity index (χ2n) is 6.88. The molecule has 0 N–H and O–H groups in total. The minimum absolute atomic E-state index is 0.0154. The van der Waals surface area contributed by atoms with Crippen molar-refractivity contribution in [1.29, 1.82) is 0 Å². The zero-order chi connectivity index (χ0) is 21.1. The van der Waals surface area contributed by atoms with Crippen LogP contribution in [0.15, 0.2) is 53.7 Å². The highest BCUT2D eigenvalue weighted by molar-refractivity contribution is 7.99. The Morgan fingerprint density at radius 2 is 2.00 bits per heavy atom. The summed E-state index contributed by atoms with van der Waals surface area (Å²) in [5.74, 6) is 0.154. The molecular weight excluding hydrogens is 427 g/mol. The Balaban J connectivity index is 1.66. The Hall–Kier alpha value is -2.42. The van der Waals surface area contributed by atoms with Crippen molar-refractivity contribution in [2.45, 2.75) is 18.2 Å². The molecule has 1 atom stereocenters. The first kappa shape index (κ1) is 20.8. The highest BCUT2D eigenvalue weighted by Gasteiger charge is 2.24. The van der Waals surface area contributed by atoms with Crippen molar-refractivity contribution in [2.75, 3.05) is 25.4 Å². The van der Waals surface area contributed by atoms with Gasteiger partial charge in [0, 0.05) is 18.7 Å². The van der Waals surface area contributed by atoms with Crippen LogP contribution in [0.1, 0.15) is 6.92 Å². The van der Waals surface area contributed by atoms with Gasteiger partial charge in [0.25, 0.3) is 0 Å². The van der Waals surface area contributed by atoms with E-state index in [4.69, 9.17) is 16.3 Å². The lowest BCUT2D eigenvalue weighted by Gasteiger charge is -2.31. The van der Waals surface area contributed by atoms with E-state index in [0.717, 1.165) is 0 Å². The standard InChI is InChI=1S/C21H20ClFN4O2S/c1-14-12-26(10-11-29-14)19(28)13-30-21-25-24-20(15-6-2-3-7-16(15)22)27(21)18-9-5-4-8-17(18)23/h2-9,14H,10-13H2,1H3. The molecule has 156 valence electrons. The minimum atomic E-state index is -0.416. The largest absolute Gasteiger partial charge is 0.375 e. The van der Waals surface area contributed by atoms with Crippen molar-refractivity contribution in [2.24, 2.45) is 0 Å². The van der Waals surface area contributed by atoms with Crippen LogP contribution in [0.5, 0.6) is 0 Å². The van der Waals surface area contributed by atoms with Gasteiger partial charge in [-0.25, -0.2) is 4.39 Å². The first-order valence-electron chi connectivity index (χ1n) is 9.52. The molecule has 1 amide bonds. The number of para-hydroxylation sites is 1. The van der Waals surface area contributed by atoms with Crippen molar-refractivity contribution >= 4 is 29.3 Å². The van der Waals surface area contributed by atoms with Gasteiger partial charge in [-0.15, -0.1) is 10.2 Å². The number of morpholine rings is 1. The van der Waals surface area contributed by atoms with Crippen LogP contribution in [0.3, 0.4) is 0 Å². The zero-order valence-corrected chi connectivity index (χ0v) is 17.9. The van der Waals surface area contributed by atoms with E-state index in [1.54, 1.807) is 39.8 Å². The number of rotatable bonds is 5. The molecule has 1 saturated heterocycles. The normalized spacial score (nSPS) is 16.6. The number of hydrogen-bond acceptors (Lipinski definition) is 5. The predicted octanol–water partition coefficient (Wildman–Crippen LogP) is 4.07. The summed E-state index contributed by atoms with van der Waals surface area (Å²) in [4.78, 5) is 14.4. The molecule has 1 unspecified atom stereocenters. The van der Waals surface area contributed by atoms with Gasteiger partial charge in [-0.1, -0.05) is 47.6 Å². The average Bonchev–Trinajstić information content (AvgIpc) is 3.16. The van der Waals surface area contributed by atoms with Crippen molar-refractivity contribution in [3.05, 3.63) is 59.4 Å². The fourth-order valence-electron chi connectivity index (χ4n) is 3.29. The number of amides is 1. The summed E-state index contributed by atoms with van der Waals surface area (Å²) < 4.78 is 21.8. The zero-order valence-electron chi connectivity index (χ0n) is 16.3. The van der Waals surface area contributed by atoms with Gasteiger partial charge in [0.05, 0.1) is 29.2 Å². The molecule has 3 aromatic rings. The van der Waals surface area contributed by atoms with Crippen molar-refractivity contribution in [3.8, 4) is 17.1 Å². The van der Waals surface area contributed by atoms with Crippen molar-refractivity contribution < 1.29 is 13.9 Å². The third-order valence-corrected chi connectivity index (χ3v) is 6.00. The summed E-state index contributed by atoms with van der Waals surface area (Å²) >= 11 is 7.58. The maximum Gasteiger partial charge on any atom is 0.233 e. The van der Waals surface area contributed by atoms with Crippen molar-refractivity contribution in [1.82, 2.24) is 19.7 Å². The van der Waals surface area contributed by atoms with E-state index in [9.17, 15) is 9.18 Å². The summed E-state index contributed by atoms with van der Waals surface area (Å²) in [6, 6.07) is 13.6. The van der Waals surface area contributed by atoms with E-state index in [0.29, 0.717) is 47.0 Å². The van der Waals surface area contributed by atoms with E-state index in [-0.39, 0.29) is 17.8 Å². The third kappa shape index (κ3) is 4.35. The van der Waals surface area contributed by atoms with Crippen LogP contribution in [0.25, 0.3) is 17.1 Å². The fourth-order valence-corrected chi connectivity index (χ4v) is 4.36. The number of carbonyl (C=O) groups is 1. The molecule has 0 radical (unpaired) electrons. The number of ether oxygens (including phenoxy) is 1. The lowest BCUT2D eigenvalue weighted by molar-refractivity contribution is -0.135. The SMILES string of the molecule is CC1CN(C(=O)CSc2nnc(-c3ccccc3Cl)n2-c2ccccc2F)CCO1. The van der Waals surface area contributed by atoms with Gasteiger partial charge in [-0.2, -0.15) is 0 Å². The Bertz CT molecular complexity index is 1060. The van der Waals surface area contributed by atoms with E-state index in [1.807, 2.05) is 19.1 Å². The molecule has 0 aliphatic carbocycles. The molecule has 4 rings (SSSR count). The van der Waals surface area contributed by atoms with Crippen LogP contribution < -0.4 is 0 Å². The van der Waals surface area contributed by atoms with Crippen LogP contribution >= 0.6 is 23.4 Å². The van der Waals surface area contributed by atoms with Crippen LogP contribution in [-0.2, 0) is 9.53 Å². The number of aromatic nitrogens is 3. The molecule has 1 aliphatic heterocycles. The quantitative estimate of drug-likeness (QED) is 0.553. The first-order chi connectivity index (χ1) is 14.5. The monoisotopic (exact) mass is 446 g/mol. The second kappa shape index (κ2) is 9.16. The topological polar surface area (TPSA) is 60.2 Å². The Morgan fingerprint density at radius 1 is 1.23 bits per heavy atom. The number of carbonyl (C=O) groups excluding carboxylic acids is 1. The maximum absolute atomic E-state index is 14.7. The summed E-state index contributed by atoms with van der Waals surface area (Å²) in [6.45, 7) is 3.59. The van der Waals surface area contributed by atoms with Gasteiger partial charge in [-0.05, 0) is 31.2 Å². The molecule has 1 aliphatic rings. The Kier molecular flexibility index (Phi) is 6.36. The molecule has 30 heavy (non-hydrogen) atoms. The number of benzene rings is 2. The summed E-state index contributed by atoms with van der Waals surface area (Å²) in [5.41, 5.74) is 0.933.